The van der Waals surface area contributed by atoms with Crippen molar-refractivity contribution in [1.29, 1.82) is 0 Å². The van der Waals surface area contributed by atoms with E-state index in [-0.39, 0.29) is 12.1 Å². The van der Waals surface area contributed by atoms with Crippen molar-refractivity contribution >= 4 is 46.2 Å². The van der Waals surface area contributed by atoms with Gasteiger partial charge in [-0.25, -0.2) is 0 Å². The maximum absolute atomic E-state index is 6.67. The number of pyridine rings is 1. The molecule has 5 nitrogen and oxygen atoms in total. The molecule has 1 N–H and O–H groups in total. The summed E-state index contributed by atoms with van der Waals surface area (Å²) in [7, 11) is 0. The molecule has 8 heteroatoms. The van der Waals surface area contributed by atoms with Crippen LogP contribution in [0, 0.1) is 13.8 Å². The second kappa shape index (κ2) is 11.0. The average molecular weight is 586 g/mol. The molecule has 3 heterocycles. The van der Waals surface area contributed by atoms with E-state index in [2.05, 4.69) is 39.7 Å². The van der Waals surface area contributed by atoms with Crippen molar-refractivity contribution in [1.82, 2.24) is 14.9 Å². The monoisotopic (exact) mass is 584 g/mol. The minimum Gasteiger partial charge on any atom is -0.457 e. The summed E-state index contributed by atoms with van der Waals surface area (Å²) in [6, 6.07) is 31.2. The van der Waals surface area contributed by atoms with Crippen molar-refractivity contribution < 1.29 is 4.74 Å². The third-order valence-corrected chi connectivity index (χ3v) is 8.28. The van der Waals surface area contributed by atoms with E-state index >= 15 is 0 Å². The standard InChI is InChI=1S/C32H26Cl2N4OS/c1-20-19-25(21(2)37(20)28-13-8-11-26(33)29(28)34)31-30(27-12-6-7-18-35-27)36-32(40)38(31)22-14-16-24(17-15-22)39-23-9-4-3-5-10-23/h3-19,30-31H,1-2H3,(H,36,40)/t30-,31-/m0/s1. The third kappa shape index (κ3) is 4.83. The van der Waals surface area contributed by atoms with Crippen LogP contribution >= 0.6 is 35.4 Å². The summed E-state index contributed by atoms with van der Waals surface area (Å²) < 4.78 is 8.18. The number of hydrogen-bond donors (Lipinski definition) is 1. The van der Waals surface area contributed by atoms with E-state index in [1.807, 2.05) is 91.1 Å². The van der Waals surface area contributed by atoms with Gasteiger partial charge in [-0.05, 0) is 98.4 Å². The summed E-state index contributed by atoms with van der Waals surface area (Å²) in [5.74, 6) is 1.54. The lowest BCUT2D eigenvalue weighted by Crippen LogP contribution is -2.29. The maximum atomic E-state index is 6.67. The highest BCUT2D eigenvalue weighted by atomic mass is 35.5. The Morgan fingerprint density at radius 1 is 0.850 bits per heavy atom. The highest BCUT2D eigenvalue weighted by Crippen LogP contribution is 2.44. The van der Waals surface area contributed by atoms with E-state index in [9.17, 15) is 0 Å². The fraction of sp³-hybridized carbons (Fsp3) is 0.125. The molecule has 0 amide bonds. The van der Waals surface area contributed by atoms with Gasteiger partial charge in [0.2, 0.25) is 0 Å². The maximum Gasteiger partial charge on any atom is 0.174 e. The van der Waals surface area contributed by atoms with Gasteiger partial charge in [-0.1, -0.05) is 53.5 Å². The number of hydrogen-bond acceptors (Lipinski definition) is 3. The Hall–Kier alpha value is -3.84. The lowest BCUT2D eigenvalue weighted by molar-refractivity contribution is 0.482. The Kier molecular flexibility index (Phi) is 7.24. The van der Waals surface area contributed by atoms with Gasteiger partial charge in [0.05, 0.1) is 33.5 Å². The van der Waals surface area contributed by atoms with E-state index in [4.69, 9.17) is 40.2 Å². The van der Waals surface area contributed by atoms with Crippen molar-refractivity contribution in [2.45, 2.75) is 25.9 Å². The number of nitrogens with zero attached hydrogens (tertiary/aromatic N) is 3. The molecule has 40 heavy (non-hydrogen) atoms. The van der Waals surface area contributed by atoms with Gasteiger partial charge in [0, 0.05) is 23.3 Å². The van der Waals surface area contributed by atoms with Gasteiger partial charge in [-0.3, -0.25) is 4.98 Å². The molecule has 1 saturated heterocycles. The zero-order valence-electron chi connectivity index (χ0n) is 21.9. The van der Waals surface area contributed by atoms with Crippen LogP contribution in [-0.2, 0) is 0 Å². The van der Waals surface area contributed by atoms with Gasteiger partial charge in [0.15, 0.2) is 5.11 Å². The second-order valence-corrected chi connectivity index (χ2v) is 10.8. The molecule has 3 aromatic carbocycles. The second-order valence-electron chi connectivity index (χ2n) is 9.64. The molecule has 0 unspecified atom stereocenters. The number of ether oxygens (including phenoxy) is 1. The first-order valence-electron chi connectivity index (χ1n) is 12.9. The van der Waals surface area contributed by atoms with Crippen LogP contribution in [0.5, 0.6) is 11.5 Å². The van der Waals surface area contributed by atoms with Crippen molar-refractivity contribution in [2.75, 3.05) is 4.90 Å². The molecule has 0 radical (unpaired) electrons. The van der Waals surface area contributed by atoms with E-state index in [0.717, 1.165) is 45.5 Å². The minimum absolute atomic E-state index is 0.166. The van der Waals surface area contributed by atoms with Crippen molar-refractivity contribution in [3.05, 3.63) is 136 Å². The number of benzene rings is 3. The van der Waals surface area contributed by atoms with Crippen LogP contribution in [0.1, 0.15) is 34.7 Å². The largest absolute Gasteiger partial charge is 0.457 e. The van der Waals surface area contributed by atoms with E-state index in [1.54, 1.807) is 6.07 Å². The van der Waals surface area contributed by atoms with Crippen LogP contribution in [0.4, 0.5) is 5.69 Å². The molecule has 1 aliphatic rings. The Labute approximate surface area is 249 Å². The number of aryl methyl sites for hydroxylation is 1. The number of anilines is 1. The summed E-state index contributed by atoms with van der Waals surface area (Å²) >= 11 is 19.0. The third-order valence-electron chi connectivity index (χ3n) is 7.15. The first-order valence-corrected chi connectivity index (χ1v) is 14.1. The predicted octanol–water partition coefficient (Wildman–Crippen LogP) is 8.77. The van der Waals surface area contributed by atoms with Gasteiger partial charge < -0.3 is 19.5 Å². The predicted molar refractivity (Wildman–Crippen MR) is 166 cm³/mol. The molecular formula is C32H26Cl2N4OS. The van der Waals surface area contributed by atoms with Crippen molar-refractivity contribution in [3.8, 4) is 17.2 Å². The summed E-state index contributed by atoms with van der Waals surface area (Å²) in [6.45, 7) is 4.18. The molecular weight excluding hydrogens is 559 g/mol. The average Bonchev–Trinajstić information content (AvgIpc) is 3.46. The summed E-state index contributed by atoms with van der Waals surface area (Å²) in [4.78, 5) is 6.85. The number of halogens is 2. The Bertz CT molecular complexity index is 1670. The van der Waals surface area contributed by atoms with Gasteiger partial charge in [0.25, 0.3) is 0 Å². The smallest absolute Gasteiger partial charge is 0.174 e. The Morgan fingerprint density at radius 3 is 2.30 bits per heavy atom. The fourth-order valence-electron chi connectivity index (χ4n) is 5.37. The molecule has 0 aliphatic carbocycles. The molecule has 0 bridgehead atoms. The molecule has 5 aromatic rings. The summed E-state index contributed by atoms with van der Waals surface area (Å²) in [5, 5.41) is 5.21. The molecule has 200 valence electrons. The molecule has 1 aliphatic heterocycles. The Morgan fingerprint density at radius 2 is 1.57 bits per heavy atom. The molecule has 2 atom stereocenters. The van der Waals surface area contributed by atoms with Crippen LogP contribution in [0.2, 0.25) is 10.0 Å². The zero-order valence-corrected chi connectivity index (χ0v) is 24.2. The van der Waals surface area contributed by atoms with Crippen LogP contribution in [0.3, 0.4) is 0 Å². The van der Waals surface area contributed by atoms with Crippen LogP contribution < -0.4 is 15.0 Å². The van der Waals surface area contributed by atoms with Gasteiger partial charge in [-0.2, -0.15) is 0 Å². The lowest BCUT2D eigenvalue weighted by atomic mass is 9.96. The Balaban J connectivity index is 1.44. The number of thiocarbonyl (C=S) groups is 1. The first-order chi connectivity index (χ1) is 19.4. The van der Waals surface area contributed by atoms with Crippen LogP contribution in [0.25, 0.3) is 5.69 Å². The fourth-order valence-corrected chi connectivity index (χ4v) is 6.10. The zero-order chi connectivity index (χ0) is 27.8. The van der Waals surface area contributed by atoms with Gasteiger partial charge in [0.1, 0.15) is 11.5 Å². The number of rotatable bonds is 6. The van der Waals surface area contributed by atoms with Gasteiger partial charge in [-0.15, -0.1) is 0 Å². The molecule has 1 fully saturated rings. The van der Waals surface area contributed by atoms with Gasteiger partial charge >= 0.3 is 0 Å². The normalized spacial score (nSPS) is 16.7. The molecule has 0 saturated carbocycles. The highest BCUT2D eigenvalue weighted by Gasteiger charge is 2.42. The van der Waals surface area contributed by atoms with Crippen molar-refractivity contribution in [3.63, 3.8) is 0 Å². The van der Waals surface area contributed by atoms with E-state index in [0.29, 0.717) is 15.2 Å². The number of para-hydroxylation sites is 1. The van der Waals surface area contributed by atoms with Crippen molar-refractivity contribution in [2.24, 2.45) is 0 Å². The molecule has 2 aromatic heterocycles. The topological polar surface area (TPSA) is 42.3 Å². The highest BCUT2D eigenvalue weighted by molar-refractivity contribution is 7.80. The molecule has 0 spiro atoms. The van der Waals surface area contributed by atoms with E-state index < -0.39 is 0 Å². The van der Waals surface area contributed by atoms with E-state index in [1.165, 1.54) is 0 Å². The summed E-state index contributed by atoms with van der Waals surface area (Å²) in [5.41, 5.74) is 5.90. The lowest BCUT2D eigenvalue weighted by Gasteiger charge is -2.28. The SMILES string of the molecule is Cc1cc([C@H]2[C@H](c3ccccn3)NC(=S)N2c2ccc(Oc3ccccc3)cc2)c(C)n1-c1cccc(Cl)c1Cl. The molecule has 6 rings (SSSR count). The minimum atomic E-state index is -0.169. The quantitative estimate of drug-likeness (QED) is 0.202. The number of aromatic nitrogens is 2. The number of nitrogens with one attached hydrogen (secondary N) is 1. The first kappa shape index (κ1) is 26.4. The van der Waals surface area contributed by atoms with Crippen LogP contribution in [0.15, 0.2) is 103 Å². The summed E-state index contributed by atoms with van der Waals surface area (Å²) in [6.07, 6.45) is 1.81. The van der Waals surface area contributed by atoms with Crippen LogP contribution in [-0.4, -0.2) is 14.7 Å².